The van der Waals surface area contributed by atoms with Gasteiger partial charge in [0.25, 0.3) is 0 Å². The van der Waals surface area contributed by atoms with Crippen LogP contribution in [0.25, 0.3) is 0 Å². The summed E-state index contributed by atoms with van der Waals surface area (Å²) in [6, 6.07) is 5.29. The van der Waals surface area contributed by atoms with E-state index < -0.39 is 0 Å². The first-order valence-corrected chi connectivity index (χ1v) is 8.67. The van der Waals surface area contributed by atoms with Gasteiger partial charge < -0.3 is 5.73 Å². The molecule has 1 nitrogen and oxygen atoms in total. The molecule has 4 fully saturated rings. The van der Waals surface area contributed by atoms with E-state index in [2.05, 4.69) is 0 Å². The lowest BCUT2D eigenvalue weighted by atomic mass is 9.50. The zero-order valence-electron chi connectivity index (χ0n) is 12.3. The SMILES string of the molecule is NC(Cc1ccc(Cl)c(F)c1)C1C2CC3CC(C2)CC1C3. The Hall–Kier alpha value is -0.600. The average molecular weight is 308 g/mol. The first-order chi connectivity index (χ1) is 10.1. The van der Waals surface area contributed by atoms with Crippen LogP contribution in [0.1, 0.15) is 37.7 Å². The van der Waals surface area contributed by atoms with Crippen molar-refractivity contribution in [2.45, 2.75) is 44.6 Å². The lowest BCUT2D eigenvalue weighted by Gasteiger charge is -2.56. The van der Waals surface area contributed by atoms with Gasteiger partial charge in [0, 0.05) is 6.04 Å². The van der Waals surface area contributed by atoms with Crippen molar-refractivity contribution in [2.75, 3.05) is 0 Å². The first-order valence-electron chi connectivity index (χ1n) is 8.29. The van der Waals surface area contributed by atoms with Gasteiger partial charge in [-0.1, -0.05) is 17.7 Å². The Labute approximate surface area is 131 Å². The molecule has 4 bridgehead atoms. The van der Waals surface area contributed by atoms with Crippen LogP contribution in [-0.4, -0.2) is 6.04 Å². The van der Waals surface area contributed by atoms with Gasteiger partial charge in [-0.2, -0.15) is 0 Å². The van der Waals surface area contributed by atoms with Crippen molar-refractivity contribution in [2.24, 2.45) is 35.3 Å². The molecule has 114 valence electrons. The Morgan fingerprint density at radius 2 is 1.71 bits per heavy atom. The van der Waals surface area contributed by atoms with Gasteiger partial charge >= 0.3 is 0 Å². The highest BCUT2D eigenvalue weighted by Gasteiger charge is 2.49. The molecule has 0 amide bonds. The predicted octanol–water partition coefficient (Wildman–Crippen LogP) is 4.42. The van der Waals surface area contributed by atoms with Crippen LogP contribution in [0.2, 0.25) is 5.02 Å². The Bertz CT molecular complexity index is 516. The maximum Gasteiger partial charge on any atom is 0.142 e. The molecule has 0 aromatic heterocycles. The molecule has 1 unspecified atom stereocenters. The molecule has 1 atom stereocenters. The van der Waals surface area contributed by atoms with E-state index in [-0.39, 0.29) is 16.9 Å². The molecule has 4 saturated carbocycles. The molecule has 1 aromatic carbocycles. The van der Waals surface area contributed by atoms with Gasteiger partial charge in [-0.05, 0) is 85.8 Å². The highest BCUT2D eigenvalue weighted by molar-refractivity contribution is 6.30. The normalized spacial score (nSPS) is 38.7. The summed E-state index contributed by atoms with van der Waals surface area (Å²) in [6.07, 6.45) is 7.81. The van der Waals surface area contributed by atoms with E-state index in [0.717, 1.165) is 35.7 Å². The zero-order chi connectivity index (χ0) is 14.6. The van der Waals surface area contributed by atoms with E-state index in [1.54, 1.807) is 12.1 Å². The molecule has 5 rings (SSSR count). The second kappa shape index (κ2) is 5.24. The van der Waals surface area contributed by atoms with Gasteiger partial charge in [-0.3, -0.25) is 0 Å². The molecule has 21 heavy (non-hydrogen) atoms. The van der Waals surface area contributed by atoms with Gasteiger partial charge in [0.05, 0.1) is 5.02 Å². The molecule has 0 saturated heterocycles. The van der Waals surface area contributed by atoms with Crippen molar-refractivity contribution in [3.05, 3.63) is 34.6 Å². The third-order valence-electron chi connectivity index (χ3n) is 6.25. The molecular weight excluding hydrogens is 285 g/mol. The Balaban J connectivity index is 1.49. The number of rotatable bonds is 3. The third-order valence-corrected chi connectivity index (χ3v) is 6.56. The quantitative estimate of drug-likeness (QED) is 0.879. The summed E-state index contributed by atoms with van der Waals surface area (Å²) in [4.78, 5) is 0. The van der Waals surface area contributed by atoms with Crippen molar-refractivity contribution in [1.82, 2.24) is 0 Å². The lowest BCUT2D eigenvalue weighted by Crippen LogP contribution is -2.52. The van der Waals surface area contributed by atoms with Gasteiger partial charge in [0.2, 0.25) is 0 Å². The lowest BCUT2D eigenvalue weighted by molar-refractivity contribution is -0.0464. The number of benzene rings is 1. The van der Waals surface area contributed by atoms with E-state index in [1.165, 1.54) is 32.1 Å². The van der Waals surface area contributed by atoms with Gasteiger partial charge in [-0.15, -0.1) is 0 Å². The van der Waals surface area contributed by atoms with Crippen LogP contribution in [0.5, 0.6) is 0 Å². The third kappa shape index (κ3) is 2.51. The summed E-state index contributed by atoms with van der Waals surface area (Å²) in [7, 11) is 0. The summed E-state index contributed by atoms with van der Waals surface area (Å²) >= 11 is 5.76. The highest BCUT2D eigenvalue weighted by atomic mass is 35.5. The Morgan fingerprint density at radius 1 is 1.10 bits per heavy atom. The second-order valence-corrected chi connectivity index (χ2v) is 8.03. The fourth-order valence-corrected chi connectivity index (χ4v) is 5.86. The molecule has 4 aliphatic carbocycles. The van der Waals surface area contributed by atoms with Crippen LogP contribution >= 0.6 is 11.6 Å². The Morgan fingerprint density at radius 3 is 2.29 bits per heavy atom. The van der Waals surface area contributed by atoms with Crippen LogP contribution in [0, 0.1) is 35.4 Å². The molecule has 0 aliphatic heterocycles. The number of nitrogens with two attached hydrogens (primary N) is 1. The van der Waals surface area contributed by atoms with Gasteiger partial charge in [-0.25, -0.2) is 4.39 Å². The minimum Gasteiger partial charge on any atom is -0.327 e. The van der Waals surface area contributed by atoms with E-state index in [1.807, 2.05) is 6.07 Å². The maximum atomic E-state index is 13.6. The van der Waals surface area contributed by atoms with Crippen LogP contribution in [0.15, 0.2) is 18.2 Å². The average Bonchev–Trinajstić information content (AvgIpc) is 2.41. The van der Waals surface area contributed by atoms with Crippen LogP contribution in [0.4, 0.5) is 4.39 Å². The standard InChI is InChI=1S/C18H23ClFN/c19-15-2-1-10(8-16(15)20)9-17(21)18-13-4-11-3-12(6-13)7-14(18)5-11/h1-2,8,11-14,17-18H,3-7,9,21H2. The summed E-state index contributed by atoms with van der Waals surface area (Å²) in [5.74, 6) is 3.93. The van der Waals surface area contributed by atoms with Crippen molar-refractivity contribution >= 4 is 11.6 Å². The summed E-state index contributed by atoms with van der Waals surface area (Å²) in [5, 5.41) is 0.196. The monoisotopic (exact) mass is 307 g/mol. The first kappa shape index (κ1) is 14.0. The molecule has 3 heteroatoms. The van der Waals surface area contributed by atoms with E-state index >= 15 is 0 Å². The predicted molar refractivity (Wildman–Crippen MR) is 83.6 cm³/mol. The van der Waals surface area contributed by atoms with E-state index in [9.17, 15) is 4.39 Å². The minimum absolute atomic E-state index is 0.167. The molecule has 0 spiro atoms. The Kier molecular flexibility index (Phi) is 3.50. The highest BCUT2D eigenvalue weighted by Crippen LogP contribution is 2.57. The number of halogens is 2. The van der Waals surface area contributed by atoms with Crippen molar-refractivity contribution in [3.63, 3.8) is 0 Å². The molecule has 0 heterocycles. The molecule has 4 aliphatic rings. The summed E-state index contributed by atoms with van der Waals surface area (Å²) < 4.78 is 13.6. The molecule has 2 N–H and O–H groups in total. The maximum absolute atomic E-state index is 13.6. The molecule has 1 aromatic rings. The van der Waals surface area contributed by atoms with Crippen LogP contribution < -0.4 is 5.73 Å². The van der Waals surface area contributed by atoms with E-state index in [0.29, 0.717) is 5.92 Å². The molecule has 0 radical (unpaired) electrons. The van der Waals surface area contributed by atoms with Crippen molar-refractivity contribution in [3.8, 4) is 0 Å². The second-order valence-electron chi connectivity index (χ2n) is 7.62. The number of hydrogen-bond acceptors (Lipinski definition) is 1. The smallest absolute Gasteiger partial charge is 0.142 e. The fourth-order valence-electron chi connectivity index (χ4n) is 5.74. The van der Waals surface area contributed by atoms with E-state index in [4.69, 9.17) is 17.3 Å². The number of hydrogen-bond donors (Lipinski definition) is 1. The van der Waals surface area contributed by atoms with Crippen LogP contribution in [-0.2, 0) is 6.42 Å². The largest absolute Gasteiger partial charge is 0.327 e. The van der Waals surface area contributed by atoms with Crippen LogP contribution in [0.3, 0.4) is 0 Å². The van der Waals surface area contributed by atoms with Crippen molar-refractivity contribution < 1.29 is 4.39 Å². The summed E-state index contributed by atoms with van der Waals surface area (Å²) in [5.41, 5.74) is 7.55. The fraction of sp³-hybridized carbons (Fsp3) is 0.667. The minimum atomic E-state index is -0.327. The summed E-state index contributed by atoms with van der Waals surface area (Å²) in [6.45, 7) is 0. The molecular formula is C18H23ClFN. The van der Waals surface area contributed by atoms with Gasteiger partial charge in [0.15, 0.2) is 0 Å². The zero-order valence-corrected chi connectivity index (χ0v) is 13.0. The van der Waals surface area contributed by atoms with Gasteiger partial charge in [0.1, 0.15) is 5.82 Å². The van der Waals surface area contributed by atoms with Crippen molar-refractivity contribution in [1.29, 1.82) is 0 Å². The topological polar surface area (TPSA) is 26.0 Å².